The van der Waals surface area contributed by atoms with Gasteiger partial charge < -0.3 is 20.1 Å². The topological polar surface area (TPSA) is 76.7 Å². The molecule has 0 unspecified atom stereocenters. The molecular formula is C31H30N2O4. The van der Waals surface area contributed by atoms with Gasteiger partial charge in [-0.3, -0.25) is 9.59 Å². The first-order chi connectivity index (χ1) is 17.8. The van der Waals surface area contributed by atoms with Crippen LogP contribution in [0, 0.1) is 5.41 Å². The Morgan fingerprint density at radius 1 is 0.676 bits per heavy atom. The Morgan fingerprint density at radius 3 is 1.46 bits per heavy atom. The number of carbonyl (C=O) groups is 2. The van der Waals surface area contributed by atoms with Crippen LogP contribution in [0.3, 0.4) is 0 Å². The first-order valence-corrected chi connectivity index (χ1v) is 12.3. The van der Waals surface area contributed by atoms with Gasteiger partial charge in [-0.15, -0.1) is 0 Å². The fraction of sp³-hybridized carbons (Fsp3) is 0.226. The number of fused-ring (bicyclic) bond motifs is 4. The number of amides is 2. The molecule has 0 bridgehead atoms. The van der Waals surface area contributed by atoms with Crippen molar-refractivity contribution in [1.29, 1.82) is 0 Å². The molecular weight excluding hydrogens is 464 g/mol. The molecule has 0 saturated heterocycles. The molecule has 6 nitrogen and oxygen atoms in total. The molecule has 1 heterocycles. The molecule has 0 spiro atoms. The Labute approximate surface area is 216 Å². The summed E-state index contributed by atoms with van der Waals surface area (Å²) in [4.78, 5) is 26.5. The summed E-state index contributed by atoms with van der Waals surface area (Å²) < 4.78 is 12.2. The lowest BCUT2D eigenvalue weighted by molar-refractivity contribution is 0.0916. The number of rotatable bonds is 0. The minimum atomic E-state index is -0.396. The normalized spacial score (nSPS) is 16.6. The van der Waals surface area contributed by atoms with Crippen molar-refractivity contribution in [2.24, 2.45) is 5.41 Å². The second-order valence-electron chi connectivity index (χ2n) is 10.2. The van der Waals surface area contributed by atoms with E-state index in [4.69, 9.17) is 9.47 Å². The Hall–Kier alpha value is -4.32. The van der Waals surface area contributed by atoms with Crippen molar-refractivity contribution < 1.29 is 19.1 Å². The van der Waals surface area contributed by atoms with E-state index in [0.717, 1.165) is 21.5 Å². The molecule has 188 valence electrons. The zero-order valence-electron chi connectivity index (χ0n) is 21.1. The summed E-state index contributed by atoms with van der Waals surface area (Å²) in [6.45, 7) is 9.15. The van der Waals surface area contributed by atoms with Gasteiger partial charge in [0, 0.05) is 13.1 Å². The number of hydrogen-bond acceptors (Lipinski definition) is 4. The van der Waals surface area contributed by atoms with Gasteiger partial charge in [-0.2, -0.15) is 0 Å². The molecule has 0 radical (unpaired) electrons. The Bertz CT molecular complexity index is 1410. The minimum Gasteiger partial charge on any atom is -0.488 e. The van der Waals surface area contributed by atoms with Gasteiger partial charge in [-0.25, -0.2) is 0 Å². The van der Waals surface area contributed by atoms with Crippen LogP contribution < -0.4 is 20.1 Å². The number of carbonyl (C=O) groups excluding carboxylic acids is 2. The van der Waals surface area contributed by atoms with Crippen LogP contribution in [-0.4, -0.2) is 38.1 Å². The summed E-state index contributed by atoms with van der Waals surface area (Å²) in [6.07, 6.45) is 0. The van der Waals surface area contributed by atoms with Crippen molar-refractivity contribution in [3.05, 3.63) is 96.1 Å². The molecule has 2 N–H and O–H groups in total. The van der Waals surface area contributed by atoms with Gasteiger partial charge in [0.25, 0.3) is 11.8 Å². The fourth-order valence-electron chi connectivity index (χ4n) is 4.33. The van der Waals surface area contributed by atoms with Gasteiger partial charge >= 0.3 is 0 Å². The van der Waals surface area contributed by atoms with Crippen LogP contribution in [0.25, 0.3) is 21.5 Å². The van der Waals surface area contributed by atoms with Gasteiger partial charge in [-0.1, -0.05) is 69.0 Å². The average molecular weight is 495 g/mol. The molecule has 0 aliphatic carbocycles. The third-order valence-electron chi connectivity index (χ3n) is 6.50. The third-order valence-corrected chi connectivity index (χ3v) is 6.50. The van der Waals surface area contributed by atoms with Crippen LogP contribution >= 0.6 is 0 Å². The monoisotopic (exact) mass is 494 g/mol. The number of benzene rings is 4. The SMILES string of the molecule is C=C1COc2cc3ccccc3cc2C(=O)NCC(C)(C)CNC(=O)c2cc3ccccc3cc2OC1. The third kappa shape index (κ3) is 5.43. The van der Waals surface area contributed by atoms with E-state index in [0.29, 0.717) is 41.3 Å². The Balaban J connectivity index is 1.50. The van der Waals surface area contributed by atoms with Crippen LogP contribution in [0.5, 0.6) is 11.5 Å². The minimum absolute atomic E-state index is 0.166. The lowest BCUT2D eigenvalue weighted by Gasteiger charge is -2.26. The van der Waals surface area contributed by atoms with Crippen LogP contribution in [0.4, 0.5) is 0 Å². The lowest BCUT2D eigenvalue weighted by Crippen LogP contribution is -2.42. The maximum atomic E-state index is 13.2. The van der Waals surface area contributed by atoms with Crippen LogP contribution in [-0.2, 0) is 0 Å². The molecule has 1 aliphatic rings. The van der Waals surface area contributed by atoms with E-state index in [1.165, 1.54) is 0 Å². The maximum absolute atomic E-state index is 13.2. The zero-order valence-corrected chi connectivity index (χ0v) is 21.1. The summed E-state index contributed by atoms with van der Waals surface area (Å²) in [6, 6.07) is 23.2. The van der Waals surface area contributed by atoms with E-state index in [1.807, 2.05) is 86.6 Å². The molecule has 0 atom stereocenters. The van der Waals surface area contributed by atoms with E-state index in [9.17, 15) is 9.59 Å². The molecule has 0 aromatic heterocycles. The van der Waals surface area contributed by atoms with E-state index in [2.05, 4.69) is 17.2 Å². The van der Waals surface area contributed by atoms with Crippen molar-refractivity contribution >= 4 is 33.4 Å². The molecule has 4 aromatic carbocycles. The maximum Gasteiger partial charge on any atom is 0.255 e. The molecule has 0 saturated carbocycles. The molecule has 0 fully saturated rings. The van der Waals surface area contributed by atoms with Crippen molar-refractivity contribution in [2.45, 2.75) is 13.8 Å². The summed E-state index contributed by atoms with van der Waals surface area (Å²) >= 11 is 0. The molecule has 2 amide bonds. The highest BCUT2D eigenvalue weighted by Gasteiger charge is 2.24. The highest BCUT2D eigenvalue weighted by molar-refractivity contribution is 6.02. The zero-order chi connectivity index (χ0) is 26.0. The van der Waals surface area contributed by atoms with Crippen LogP contribution in [0.2, 0.25) is 0 Å². The predicted molar refractivity (Wildman–Crippen MR) is 146 cm³/mol. The molecule has 1 aliphatic heterocycles. The second-order valence-corrected chi connectivity index (χ2v) is 10.2. The smallest absolute Gasteiger partial charge is 0.255 e. The highest BCUT2D eigenvalue weighted by Crippen LogP contribution is 2.29. The predicted octanol–water partition coefficient (Wildman–Crippen LogP) is 5.51. The highest BCUT2D eigenvalue weighted by atomic mass is 16.5. The van der Waals surface area contributed by atoms with Gasteiger partial charge in [0.15, 0.2) is 0 Å². The number of nitrogens with one attached hydrogen (secondary N) is 2. The Morgan fingerprint density at radius 2 is 1.05 bits per heavy atom. The van der Waals surface area contributed by atoms with E-state index in [-0.39, 0.29) is 25.0 Å². The molecule has 37 heavy (non-hydrogen) atoms. The van der Waals surface area contributed by atoms with Crippen molar-refractivity contribution in [3.63, 3.8) is 0 Å². The van der Waals surface area contributed by atoms with Crippen molar-refractivity contribution in [2.75, 3.05) is 26.3 Å². The molecule has 4 aromatic rings. The lowest BCUT2D eigenvalue weighted by atomic mass is 9.93. The van der Waals surface area contributed by atoms with Gasteiger partial charge in [0.1, 0.15) is 24.7 Å². The first kappa shape index (κ1) is 24.4. The van der Waals surface area contributed by atoms with E-state index in [1.54, 1.807) is 0 Å². The summed E-state index contributed by atoms with van der Waals surface area (Å²) in [7, 11) is 0. The molecule has 6 heteroatoms. The number of ether oxygens (including phenoxy) is 2. The summed E-state index contributed by atoms with van der Waals surface area (Å²) in [5.41, 5.74) is 1.19. The van der Waals surface area contributed by atoms with Gasteiger partial charge in [-0.05, 0) is 56.8 Å². The standard InChI is InChI=1S/C31H30N2O4/c1-20-16-36-27-14-23-10-6-4-8-21(23)12-25(27)29(34)32-18-31(2,3)19-33-30(35)26-13-22-9-5-7-11-24(22)15-28(26)37-17-20/h4-15H,1,16-19H2,2-3H3,(H,32,34)(H,33,35). The average Bonchev–Trinajstić information content (AvgIpc) is 2.91. The number of hydrogen-bond donors (Lipinski definition) is 2. The fourth-order valence-corrected chi connectivity index (χ4v) is 4.33. The van der Waals surface area contributed by atoms with Gasteiger partial charge in [0.2, 0.25) is 0 Å². The first-order valence-electron chi connectivity index (χ1n) is 12.3. The van der Waals surface area contributed by atoms with Gasteiger partial charge in [0.05, 0.1) is 11.1 Å². The largest absolute Gasteiger partial charge is 0.488 e. The van der Waals surface area contributed by atoms with E-state index < -0.39 is 5.41 Å². The molecule has 5 rings (SSSR count). The van der Waals surface area contributed by atoms with E-state index >= 15 is 0 Å². The quantitative estimate of drug-likeness (QED) is 0.316. The van der Waals surface area contributed by atoms with Crippen molar-refractivity contribution in [1.82, 2.24) is 10.6 Å². The van der Waals surface area contributed by atoms with Crippen molar-refractivity contribution in [3.8, 4) is 11.5 Å². The Kier molecular flexibility index (Phi) is 6.57. The summed E-state index contributed by atoms with van der Waals surface area (Å²) in [5.74, 6) is 0.515. The van der Waals surface area contributed by atoms with Crippen LogP contribution in [0.1, 0.15) is 34.6 Å². The van der Waals surface area contributed by atoms with Crippen LogP contribution in [0.15, 0.2) is 84.9 Å². The summed E-state index contributed by atoms with van der Waals surface area (Å²) in [5, 5.41) is 9.92. The second kappa shape index (κ2) is 9.97.